The Morgan fingerprint density at radius 3 is 2.32 bits per heavy atom. The summed E-state index contributed by atoms with van der Waals surface area (Å²) >= 11 is 5.90. The van der Waals surface area contributed by atoms with Gasteiger partial charge in [-0.1, -0.05) is 28.9 Å². The van der Waals surface area contributed by atoms with E-state index in [1.165, 1.54) is 9.87 Å². The summed E-state index contributed by atoms with van der Waals surface area (Å²) in [6, 6.07) is 7.84. The van der Waals surface area contributed by atoms with Crippen molar-refractivity contribution >= 4 is 21.6 Å². The Bertz CT molecular complexity index is 806. The molecule has 1 saturated heterocycles. The molecule has 0 amide bonds. The second-order valence-electron chi connectivity index (χ2n) is 6.28. The molecular weight excluding hydrogens is 362 g/mol. The number of halogens is 1. The van der Waals surface area contributed by atoms with Crippen LogP contribution in [-0.2, 0) is 16.4 Å². The van der Waals surface area contributed by atoms with Gasteiger partial charge in [-0.3, -0.25) is 0 Å². The molecule has 2 aromatic rings. The zero-order valence-corrected chi connectivity index (χ0v) is 16.0. The number of aromatic nitrogens is 1. The molecule has 0 N–H and O–H groups in total. The molecule has 1 aliphatic heterocycles. The van der Waals surface area contributed by atoms with Gasteiger partial charge in [-0.15, -0.1) is 0 Å². The van der Waals surface area contributed by atoms with E-state index in [1.807, 2.05) is 24.3 Å². The second kappa shape index (κ2) is 7.45. The number of nitrogens with zero attached hydrogens (tertiary/aromatic N) is 3. The fourth-order valence-electron chi connectivity index (χ4n) is 3.10. The minimum absolute atomic E-state index is 0.210. The number of aryl methyl sites for hydroxylation is 2. The van der Waals surface area contributed by atoms with Crippen LogP contribution >= 0.6 is 11.6 Å². The summed E-state index contributed by atoms with van der Waals surface area (Å²) < 4.78 is 32.1. The maximum absolute atomic E-state index is 12.8. The number of hydrogen-bond acceptors (Lipinski definition) is 5. The highest BCUT2D eigenvalue weighted by Crippen LogP contribution is 2.24. The fraction of sp³-hybridized carbons (Fsp3) is 0.471. The summed E-state index contributed by atoms with van der Waals surface area (Å²) in [5.41, 5.74) is 1.65. The first-order valence-corrected chi connectivity index (χ1v) is 10.1. The molecule has 0 unspecified atom stereocenters. The van der Waals surface area contributed by atoms with Crippen molar-refractivity contribution in [2.24, 2.45) is 0 Å². The van der Waals surface area contributed by atoms with Gasteiger partial charge >= 0.3 is 0 Å². The highest BCUT2D eigenvalue weighted by Gasteiger charge is 2.33. The highest BCUT2D eigenvalue weighted by molar-refractivity contribution is 7.89. The summed E-state index contributed by atoms with van der Waals surface area (Å²) in [4.78, 5) is 2.50. The molecule has 1 aromatic carbocycles. The van der Waals surface area contributed by atoms with Crippen LogP contribution in [0.25, 0.3) is 0 Å². The molecule has 1 aliphatic rings. The molecule has 1 aromatic heterocycles. The topological polar surface area (TPSA) is 66.7 Å². The van der Waals surface area contributed by atoms with E-state index in [9.17, 15) is 8.42 Å². The predicted molar refractivity (Wildman–Crippen MR) is 96.3 cm³/mol. The van der Waals surface area contributed by atoms with E-state index in [2.05, 4.69) is 10.1 Å². The fourth-order valence-corrected chi connectivity index (χ4v) is 4.94. The summed E-state index contributed by atoms with van der Waals surface area (Å²) in [6.45, 7) is 6.59. The molecule has 3 rings (SSSR count). The summed E-state index contributed by atoms with van der Waals surface area (Å²) in [5, 5.41) is 4.50. The van der Waals surface area contributed by atoms with Crippen molar-refractivity contribution in [3.63, 3.8) is 0 Å². The molecule has 0 spiro atoms. The van der Waals surface area contributed by atoms with E-state index >= 15 is 0 Å². The van der Waals surface area contributed by atoms with Crippen LogP contribution in [0.4, 0.5) is 0 Å². The van der Waals surface area contributed by atoms with Gasteiger partial charge in [0.1, 0.15) is 10.6 Å². The molecule has 8 heteroatoms. The van der Waals surface area contributed by atoms with E-state index in [0.717, 1.165) is 31.1 Å². The third kappa shape index (κ3) is 4.06. The first kappa shape index (κ1) is 18.4. The van der Waals surface area contributed by atoms with E-state index in [1.54, 1.807) is 13.8 Å². The van der Waals surface area contributed by atoms with Crippen LogP contribution in [0.5, 0.6) is 0 Å². The largest absolute Gasteiger partial charge is 0.360 e. The van der Waals surface area contributed by atoms with Gasteiger partial charge in [0, 0.05) is 37.7 Å². The minimum Gasteiger partial charge on any atom is -0.360 e. The minimum atomic E-state index is -3.54. The SMILES string of the molecule is Cc1noc(C)c1S(=O)(=O)N1CCN(CCc2ccc(Cl)cc2)CC1. The van der Waals surface area contributed by atoms with E-state index in [-0.39, 0.29) is 4.90 Å². The lowest BCUT2D eigenvalue weighted by molar-refractivity contribution is 0.190. The predicted octanol–water partition coefficient (Wildman–Crippen LogP) is 2.49. The van der Waals surface area contributed by atoms with Crippen molar-refractivity contribution in [3.8, 4) is 0 Å². The highest BCUT2D eigenvalue weighted by atomic mass is 35.5. The monoisotopic (exact) mass is 383 g/mol. The van der Waals surface area contributed by atoms with Crippen LogP contribution in [0.2, 0.25) is 5.02 Å². The molecule has 1 fully saturated rings. The molecule has 0 saturated carbocycles. The number of sulfonamides is 1. The zero-order valence-electron chi connectivity index (χ0n) is 14.4. The van der Waals surface area contributed by atoms with Gasteiger partial charge in [0.25, 0.3) is 0 Å². The van der Waals surface area contributed by atoms with Gasteiger partial charge in [0.2, 0.25) is 10.0 Å². The third-order valence-electron chi connectivity index (χ3n) is 4.53. The van der Waals surface area contributed by atoms with Crippen molar-refractivity contribution < 1.29 is 12.9 Å². The Morgan fingerprint density at radius 2 is 1.76 bits per heavy atom. The number of piperazine rings is 1. The van der Waals surface area contributed by atoms with Crippen LogP contribution in [0.15, 0.2) is 33.7 Å². The number of hydrogen-bond donors (Lipinski definition) is 0. The summed E-state index contributed by atoms with van der Waals surface area (Å²) in [7, 11) is -3.54. The molecule has 0 radical (unpaired) electrons. The van der Waals surface area contributed by atoms with E-state index in [0.29, 0.717) is 24.5 Å². The lowest BCUT2D eigenvalue weighted by Gasteiger charge is -2.33. The van der Waals surface area contributed by atoms with Gasteiger partial charge in [0.15, 0.2) is 5.76 Å². The van der Waals surface area contributed by atoms with Crippen molar-refractivity contribution in [1.29, 1.82) is 0 Å². The van der Waals surface area contributed by atoms with E-state index < -0.39 is 10.0 Å². The van der Waals surface area contributed by atoms with E-state index in [4.69, 9.17) is 16.1 Å². The maximum Gasteiger partial charge on any atom is 0.248 e. The van der Waals surface area contributed by atoms with Crippen LogP contribution in [0.3, 0.4) is 0 Å². The smallest absolute Gasteiger partial charge is 0.248 e. The van der Waals surface area contributed by atoms with Gasteiger partial charge in [-0.25, -0.2) is 8.42 Å². The van der Waals surface area contributed by atoms with Gasteiger partial charge in [0.05, 0.1) is 0 Å². The Balaban J connectivity index is 1.57. The van der Waals surface area contributed by atoms with Gasteiger partial charge in [-0.05, 0) is 38.0 Å². The van der Waals surface area contributed by atoms with Crippen LogP contribution in [0.1, 0.15) is 17.0 Å². The second-order valence-corrected chi connectivity index (χ2v) is 8.59. The molecule has 0 atom stereocenters. The molecule has 25 heavy (non-hydrogen) atoms. The summed E-state index contributed by atoms with van der Waals surface area (Å²) in [5.74, 6) is 0.350. The zero-order chi connectivity index (χ0) is 18.0. The first-order chi connectivity index (χ1) is 11.9. The molecular formula is C17H22ClN3O3S. The number of rotatable bonds is 5. The summed E-state index contributed by atoms with van der Waals surface area (Å²) in [6.07, 6.45) is 0.924. The quantitative estimate of drug-likeness (QED) is 0.793. The van der Waals surface area contributed by atoms with Crippen molar-refractivity contribution in [2.75, 3.05) is 32.7 Å². The normalized spacial score (nSPS) is 17.1. The van der Waals surface area contributed by atoms with Gasteiger partial charge < -0.3 is 9.42 Å². The Morgan fingerprint density at radius 1 is 1.12 bits per heavy atom. The van der Waals surface area contributed by atoms with Gasteiger partial charge in [-0.2, -0.15) is 4.31 Å². The van der Waals surface area contributed by atoms with Crippen molar-refractivity contribution in [2.45, 2.75) is 25.2 Å². The first-order valence-electron chi connectivity index (χ1n) is 8.28. The average molecular weight is 384 g/mol. The molecule has 2 heterocycles. The lowest BCUT2D eigenvalue weighted by atomic mass is 10.1. The Hall–Kier alpha value is -1.41. The molecule has 0 aliphatic carbocycles. The maximum atomic E-state index is 12.8. The Labute approximate surface area is 153 Å². The third-order valence-corrected chi connectivity index (χ3v) is 6.92. The van der Waals surface area contributed by atoms with Crippen molar-refractivity contribution in [3.05, 3.63) is 46.3 Å². The Kier molecular flexibility index (Phi) is 5.48. The van der Waals surface area contributed by atoms with Crippen LogP contribution in [0, 0.1) is 13.8 Å². The molecule has 136 valence electrons. The van der Waals surface area contributed by atoms with Crippen molar-refractivity contribution in [1.82, 2.24) is 14.4 Å². The molecule has 6 nitrogen and oxygen atoms in total. The standard InChI is InChI=1S/C17H22ClN3O3S/c1-13-17(14(2)24-19-13)25(22,23)21-11-9-20(10-12-21)8-7-15-3-5-16(18)6-4-15/h3-6H,7-12H2,1-2H3. The van der Waals surface area contributed by atoms with Crippen LogP contribution < -0.4 is 0 Å². The lowest BCUT2D eigenvalue weighted by Crippen LogP contribution is -2.49. The molecule has 0 bridgehead atoms. The number of benzene rings is 1. The van der Waals surface area contributed by atoms with Crippen LogP contribution in [-0.4, -0.2) is 55.5 Å². The average Bonchev–Trinajstić information content (AvgIpc) is 2.94.